The van der Waals surface area contributed by atoms with E-state index in [1.54, 1.807) is 0 Å². The van der Waals surface area contributed by atoms with Crippen LogP contribution in [0.1, 0.15) is 0 Å². The number of fused-ring (bicyclic) bond motifs is 4. The van der Waals surface area contributed by atoms with Gasteiger partial charge in [-0.1, -0.05) is 164 Å². The van der Waals surface area contributed by atoms with Gasteiger partial charge in [-0.2, -0.15) is 0 Å². The molecule has 0 atom stereocenters. The van der Waals surface area contributed by atoms with E-state index in [0.717, 1.165) is 50.8 Å². The monoisotopic (exact) mass is 779 g/mol. The predicted molar refractivity (Wildman–Crippen MR) is 259 cm³/mol. The largest absolute Gasteiger partial charge is 0.310 e. The van der Waals surface area contributed by atoms with E-state index in [2.05, 4.69) is 263 Å². The fraction of sp³-hybridized carbons (Fsp3) is 0. The average molecular weight is 780 g/mol. The Kier molecular flexibility index (Phi) is 9.18. The molecule has 0 radical (unpaired) electrons. The van der Waals surface area contributed by atoms with E-state index in [1.807, 2.05) is 0 Å². The molecule has 0 aliphatic carbocycles. The number of aromatic nitrogens is 1. The van der Waals surface area contributed by atoms with Gasteiger partial charge in [0.15, 0.2) is 0 Å². The third-order valence-corrected chi connectivity index (χ3v) is 11.7. The van der Waals surface area contributed by atoms with E-state index in [4.69, 9.17) is 0 Å². The number of anilines is 6. The molecule has 288 valence electrons. The Morgan fingerprint density at radius 3 is 1.48 bits per heavy atom. The lowest BCUT2D eigenvalue weighted by Gasteiger charge is -2.30. The van der Waals surface area contributed by atoms with Crippen LogP contribution in [-0.4, -0.2) is 4.57 Å². The molecule has 0 fully saturated rings. The van der Waals surface area contributed by atoms with E-state index in [1.165, 1.54) is 43.8 Å². The zero-order valence-electron chi connectivity index (χ0n) is 33.5. The second kappa shape index (κ2) is 15.6. The van der Waals surface area contributed by atoms with Crippen molar-refractivity contribution < 1.29 is 0 Å². The first-order valence-corrected chi connectivity index (χ1v) is 20.8. The van der Waals surface area contributed by atoms with Crippen molar-refractivity contribution in [2.75, 3.05) is 9.80 Å². The molecule has 11 aromatic rings. The number of hydrogen-bond donors (Lipinski definition) is 0. The normalized spacial score (nSPS) is 11.3. The molecule has 11 rings (SSSR count). The fourth-order valence-electron chi connectivity index (χ4n) is 8.88. The van der Waals surface area contributed by atoms with E-state index >= 15 is 0 Å². The van der Waals surface area contributed by atoms with E-state index in [-0.39, 0.29) is 0 Å². The molecule has 0 aliphatic rings. The third kappa shape index (κ3) is 6.69. The van der Waals surface area contributed by atoms with Crippen molar-refractivity contribution in [3.05, 3.63) is 249 Å². The van der Waals surface area contributed by atoms with Gasteiger partial charge in [0.05, 0.1) is 22.4 Å². The van der Waals surface area contributed by atoms with Crippen molar-refractivity contribution in [2.45, 2.75) is 0 Å². The second-order valence-electron chi connectivity index (χ2n) is 15.4. The van der Waals surface area contributed by atoms with Crippen LogP contribution in [0.4, 0.5) is 34.1 Å². The molecule has 0 aliphatic heterocycles. The molecule has 0 saturated carbocycles. The highest BCUT2D eigenvalue weighted by Gasteiger charge is 2.25. The maximum atomic E-state index is 2.45. The number of hydrogen-bond acceptors (Lipinski definition) is 2. The molecular formula is C58H41N3. The molecule has 0 unspecified atom stereocenters. The van der Waals surface area contributed by atoms with Gasteiger partial charge < -0.3 is 14.4 Å². The summed E-state index contributed by atoms with van der Waals surface area (Å²) in [6, 6.07) is 89.7. The minimum absolute atomic E-state index is 1.05. The van der Waals surface area contributed by atoms with E-state index in [0.29, 0.717) is 0 Å². The second-order valence-corrected chi connectivity index (χ2v) is 15.4. The van der Waals surface area contributed by atoms with Gasteiger partial charge in [0.25, 0.3) is 0 Å². The molecule has 0 spiro atoms. The molecule has 10 aromatic carbocycles. The van der Waals surface area contributed by atoms with Gasteiger partial charge in [0.2, 0.25) is 0 Å². The summed E-state index contributed by atoms with van der Waals surface area (Å²) in [5, 5.41) is 4.85. The van der Waals surface area contributed by atoms with Crippen molar-refractivity contribution in [1.82, 2.24) is 4.57 Å². The summed E-state index contributed by atoms with van der Waals surface area (Å²) < 4.78 is 2.45. The summed E-state index contributed by atoms with van der Waals surface area (Å²) in [5.74, 6) is 0. The van der Waals surface area contributed by atoms with Crippen LogP contribution < -0.4 is 9.80 Å². The van der Waals surface area contributed by atoms with Gasteiger partial charge in [-0.05, 0) is 118 Å². The Bertz CT molecular complexity index is 3240. The average Bonchev–Trinajstić information content (AvgIpc) is 3.67. The molecule has 1 heterocycles. The predicted octanol–water partition coefficient (Wildman–Crippen LogP) is 16.2. The van der Waals surface area contributed by atoms with Crippen molar-refractivity contribution in [2.24, 2.45) is 0 Å². The summed E-state index contributed by atoms with van der Waals surface area (Å²) in [6.45, 7) is 0. The number of para-hydroxylation sites is 4. The van der Waals surface area contributed by atoms with Crippen LogP contribution in [0.5, 0.6) is 0 Å². The van der Waals surface area contributed by atoms with Crippen molar-refractivity contribution >= 4 is 66.7 Å². The molecule has 0 bridgehead atoms. The highest BCUT2D eigenvalue weighted by molar-refractivity contribution is 6.18. The van der Waals surface area contributed by atoms with Crippen molar-refractivity contribution in [1.29, 1.82) is 0 Å². The van der Waals surface area contributed by atoms with Crippen LogP contribution >= 0.6 is 0 Å². The Balaban J connectivity index is 1.19. The zero-order chi connectivity index (χ0) is 40.5. The Labute approximate surface area is 356 Å². The van der Waals surface area contributed by atoms with Gasteiger partial charge >= 0.3 is 0 Å². The van der Waals surface area contributed by atoms with Crippen LogP contribution in [0.15, 0.2) is 249 Å². The maximum absolute atomic E-state index is 2.45. The molecule has 3 heteroatoms. The summed E-state index contributed by atoms with van der Waals surface area (Å²) in [6.07, 6.45) is 0. The van der Waals surface area contributed by atoms with Gasteiger partial charge in [-0.3, -0.25) is 0 Å². The molecule has 0 saturated heterocycles. The van der Waals surface area contributed by atoms with E-state index in [9.17, 15) is 0 Å². The van der Waals surface area contributed by atoms with Gasteiger partial charge in [0.1, 0.15) is 0 Å². The molecule has 0 amide bonds. The fourth-order valence-corrected chi connectivity index (χ4v) is 8.88. The Morgan fingerprint density at radius 2 is 0.787 bits per heavy atom. The SMILES string of the molecule is c1ccc(-c2cccc(-n3c4ccccc4c4c(N(c5ccccc5)c5ccccc5)cc(N(c5ccccc5)c5ccc(-c6ccc7ccccc7c6)cc5)cc43)c2)cc1. The summed E-state index contributed by atoms with van der Waals surface area (Å²) >= 11 is 0. The Hall–Kier alpha value is -8.14. The smallest absolute Gasteiger partial charge is 0.0583 e. The standard InChI is InChI=1S/C58H41N3/c1-5-18-42(19-6-1)46-22-17-29-52(39-46)61-55-31-16-15-30-54(55)58-56(60(49-25-9-3-10-26-49)50-27-11-4-12-28-50)40-53(41-57(58)61)59(48-23-7-2-8-24-48)51-36-34-44(35-37-51)47-33-32-43-20-13-14-21-45(43)38-47/h1-41H. The van der Waals surface area contributed by atoms with Gasteiger partial charge in [-0.25, -0.2) is 0 Å². The quantitative estimate of drug-likeness (QED) is 0.145. The summed E-state index contributed by atoms with van der Waals surface area (Å²) in [5.41, 5.74) is 14.6. The summed E-state index contributed by atoms with van der Waals surface area (Å²) in [4.78, 5) is 4.80. The molecule has 1 aromatic heterocycles. The van der Waals surface area contributed by atoms with Crippen molar-refractivity contribution in [3.63, 3.8) is 0 Å². The summed E-state index contributed by atoms with van der Waals surface area (Å²) in [7, 11) is 0. The highest BCUT2D eigenvalue weighted by Crippen LogP contribution is 2.48. The zero-order valence-corrected chi connectivity index (χ0v) is 33.5. The Morgan fingerprint density at radius 1 is 0.279 bits per heavy atom. The first-order chi connectivity index (χ1) is 30.3. The third-order valence-electron chi connectivity index (χ3n) is 11.7. The minimum atomic E-state index is 1.05. The first kappa shape index (κ1) is 36.0. The van der Waals surface area contributed by atoms with Crippen LogP contribution in [0.2, 0.25) is 0 Å². The topological polar surface area (TPSA) is 11.4 Å². The molecule has 3 nitrogen and oxygen atoms in total. The minimum Gasteiger partial charge on any atom is -0.310 e. The maximum Gasteiger partial charge on any atom is 0.0583 e. The number of benzene rings is 10. The molecule has 61 heavy (non-hydrogen) atoms. The van der Waals surface area contributed by atoms with Gasteiger partial charge in [0, 0.05) is 39.2 Å². The van der Waals surface area contributed by atoms with Crippen LogP contribution in [0.3, 0.4) is 0 Å². The lowest BCUT2D eigenvalue weighted by atomic mass is 10.0. The van der Waals surface area contributed by atoms with E-state index < -0.39 is 0 Å². The van der Waals surface area contributed by atoms with Crippen molar-refractivity contribution in [3.8, 4) is 27.9 Å². The first-order valence-electron chi connectivity index (χ1n) is 20.8. The highest BCUT2D eigenvalue weighted by atomic mass is 15.2. The van der Waals surface area contributed by atoms with Crippen LogP contribution in [0, 0.1) is 0 Å². The number of nitrogens with zero attached hydrogens (tertiary/aromatic N) is 3. The van der Waals surface area contributed by atoms with Crippen LogP contribution in [-0.2, 0) is 0 Å². The number of rotatable bonds is 9. The molecule has 0 N–H and O–H groups in total. The lowest BCUT2D eigenvalue weighted by molar-refractivity contribution is 1.17. The molecular weight excluding hydrogens is 739 g/mol. The van der Waals surface area contributed by atoms with Crippen LogP contribution in [0.25, 0.3) is 60.5 Å². The van der Waals surface area contributed by atoms with Gasteiger partial charge in [-0.15, -0.1) is 0 Å². The lowest BCUT2D eigenvalue weighted by Crippen LogP contribution is -2.14.